The SMILES string of the molecule is O=C(C[C@@H]1C(=O)Nc2ccccc2N1C(=O)c1ccco1)Nc1ccc(Cl)cc1. The van der Waals surface area contributed by atoms with Gasteiger partial charge >= 0.3 is 0 Å². The van der Waals surface area contributed by atoms with Gasteiger partial charge < -0.3 is 15.1 Å². The van der Waals surface area contributed by atoms with E-state index in [1.165, 1.54) is 17.2 Å². The number of furan rings is 1. The molecule has 0 bridgehead atoms. The minimum atomic E-state index is -1.03. The van der Waals surface area contributed by atoms with Crippen LogP contribution in [0.2, 0.25) is 5.02 Å². The molecule has 8 heteroatoms. The molecule has 4 rings (SSSR count). The summed E-state index contributed by atoms with van der Waals surface area (Å²) in [7, 11) is 0. The smallest absolute Gasteiger partial charge is 0.294 e. The van der Waals surface area contributed by atoms with Gasteiger partial charge in [-0.2, -0.15) is 0 Å². The fraction of sp³-hybridized carbons (Fsp3) is 0.0952. The molecule has 3 aromatic rings. The molecule has 1 aromatic heterocycles. The van der Waals surface area contributed by atoms with Gasteiger partial charge in [0.05, 0.1) is 24.1 Å². The molecule has 2 N–H and O–H groups in total. The largest absolute Gasteiger partial charge is 0.459 e. The van der Waals surface area contributed by atoms with Crippen molar-refractivity contribution in [2.45, 2.75) is 12.5 Å². The van der Waals surface area contributed by atoms with E-state index < -0.39 is 23.8 Å². The number of amides is 3. The third-order valence-corrected chi connectivity index (χ3v) is 4.75. The monoisotopic (exact) mass is 409 g/mol. The van der Waals surface area contributed by atoms with Gasteiger partial charge in [-0.1, -0.05) is 23.7 Å². The summed E-state index contributed by atoms with van der Waals surface area (Å²) in [5.41, 5.74) is 1.53. The highest BCUT2D eigenvalue weighted by atomic mass is 35.5. The van der Waals surface area contributed by atoms with E-state index in [1.807, 2.05) is 0 Å². The third kappa shape index (κ3) is 3.86. The van der Waals surface area contributed by atoms with Crippen molar-refractivity contribution < 1.29 is 18.8 Å². The standard InChI is InChI=1S/C21H16ClN3O4/c22-13-7-9-14(10-8-13)23-19(26)12-17-20(27)24-15-4-1-2-5-16(15)25(17)21(28)18-6-3-11-29-18/h1-11,17H,12H2,(H,23,26)(H,24,27)/t17-/m1/s1. The Kier molecular flexibility index (Phi) is 5.05. The van der Waals surface area contributed by atoms with E-state index in [-0.39, 0.29) is 12.2 Å². The van der Waals surface area contributed by atoms with E-state index >= 15 is 0 Å². The van der Waals surface area contributed by atoms with Crippen molar-refractivity contribution in [2.24, 2.45) is 0 Å². The molecule has 7 nitrogen and oxygen atoms in total. The zero-order chi connectivity index (χ0) is 20.4. The Hall–Kier alpha value is -3.58. The van der Waals surface area contributed by atoms with Crippen LogP contribution in [0.4, 0.5) is 17.1 Å². The Bertz CT molecular complexity index is 1060. The molecule has 2 aromatic carbocycles. The maximum Gasteiger partial charge on any atom is 0.294 e. The van der Waals surface area contributed by atoms with E-state index in [1.54, 1.807) is 54.6 Å². The predicted octanol–water partition coefficient (Wildman–Crippen LogP) is 3.93. The maximum absolute atomic E-state index is 13.1. The first-order valence-electron chi connectivity index (χ1n) is 8.85. The molecule has 1 aliphatic rings. The van der Waals surface area contributed by atoms with E-state index in [0.29, 0.717) is 22.1 Å². The number of rotatable bonds is 4. The number of para-hydroxylation sites is 2. The zero-order valence-corrected chi connectivity index (χ0v) is 15.8. The molecule has 0 radical (unpaired) electrons. The summed E-state index contributed by atoms with van der Waals surface area (Å²) >= 11 is 5.85. The van der Waals surface area contributed by atoms with E-state index in [2.05, 4.69) is 10.6 Å². The van der Waals surface area contributed by atoms with Crippen molar-refractivity contribution in [1.82, 2.24) is 0 Å². The summed E-state index contributed by atoms with van der Waals surface area (Å²) < 4.78 is 5.22. The Morgan fingerprint density at radius 1 is 1.07 bits per heavy atom. The number of carbonyl (C=O) groups is 3. The Morgan fingerprint density at radius 2 is 1.83 bits per heavy atom. The second-order valence-corrected chi connectivity index (χ2v) is 6.87. The van der Waals surface area contributed by atoms with Gasteiger partial charge in [0.25, 0.3) is 5.91 Å². The molecule has 1 atom stereocenters. The van der Waals surface area contributed by atoms with E-state index in [0.717, 1.165) is 0 Å². The van der Waals surface area contributed by atoms with Gasteiger partial charge in [0, 0.05) is 10.7 Å². The van der Waals surface area contributed by atoms with Gasteiger partial charge in [0.2, 0.25) is 11.8 Å². The number of hydrogen-bond donors (Lipinski definition) is 2. The molecule has 0 saturated carbocycles. The van der Waals surface area contributed by atoms with Crippen LogP contribution in [0.1, 0.15) is 17.0 Å². The molecular weight excluding hydrogens is 394 g/mol. The van der Waals surface area contributed by atoms with Crippen LogP contribution < -0.4 is 15.5 Å². The predicted molar refractivity (Wildman–Crippen MR) is 109 cm³/mol. The summed E-state index contributed by atoms with van der Waals surface area (Å²) in [4.78, 5) is 39.7. The molecule has 29 heavy (non-hydrogen) atoms. The van der Waals surface area contributed by atoms with Crippen LogP contribution >= 0.6 is 11.6 Å². The number of carbonyl (C=O) groups excluding carboxylic acids is 3. The number of fused-ring (bicyclic) bond motifs is 1. The Morgan fingerprint density at radius 3 is 2.55 bits per heavy atom. The maximum atomic E-state index is 13.1. The molecule has 0 spiro atoms. The highest BCUT2D eigenvalue weighted by Gasteiger charge is 2.39. The van der Waals surface area contributed by atoms with Gasteiger partial charge in [-0.3, -0.25) is 19.3 Å². The van der Waals surface area contributed by atoms with Crippen LogP contribution in [0.3, 0.4) is 0 Å². The summed E-state index contributed by atoms with van der Waals surface area (Å²) in [6.45, 7) is 0. The van der Waals surface area contributed by atoms with Gasteiger partial charge in [0.1, 0.15) is 6.04 Å². The van der Waals surface area contributed by atoms with Crippen molar-refractivity contribution in [3.63, 3.8) is 0 Å². The second-order valence-electron chi connectivity index (χ2n) is 6.43. The quantitative estimate of drug-likeness (QED) is 0.683. The molecule has 146 valence electrons. The minimum Gasteiger partial charge on any atom is -0.459 e. The van der Waals surface area contributed by atoms with E-state index in [4.69, 9.17) is 16.0 Å². The lowest BCUT2D eigenvalue weighted by Crippen LogP contribution is -2.52. The van der Waals surface area contributed by atoms with Gasteiger partial charge in [-0.25, -0.2) is 0 Å². The lowest BCUT2D eigenvalue weighted by molar-refractivity contribution is -0.122. The fourth-order valence-corrected chi connectivity index (χ4v) is 3.29. The Labute approximate surface area is 171 Å². The van der Waals surface area contributed by atoms with Crippen molar-refractivity contribution in [3.05, 3.63) is 77.7 Å². The molecule has 0 aliphatic carbocycles. The number of nitrogens with one attached hydrogen (secondary N) is 2. The zero-order valence-electron chi connectivity index (χ0n) is 15.1. The van der Waals surface area contributed by atoms with Crippen LogP contribution in [0.15, 0.2) is 71.3 Å². The van der Waals surface area contributed by atoms with Crippen LogP contribution in [0.5, 0.6) is 0 Å². The van der Waals surface area contributed by atoms with Gasteiger partial charge in [-0.15, -0.1) is 0 Å². The molecule has 0 fully saturated rings. The molecule has 0 unspecified atom stereocenters. The number of halogens is 1. The topological polar surface area (TPSA) is 91.7 Å². The van der Waals surface area contributed by atoms with Crippen LogP contribution in [0.25, 0.3) is 0 Å². The second kappa shape index (κ2) is 7.81. The lowest BCUT2D eigenvalue weighted by Gasteiger charge is -2.35. The number of benzene rings is 2. The average molecular weight is 410 g/mol. The van der Waals surface area contributed by atoms with E-state index in [9.17, 15) is 14.4 Å². The number of nitrogens with zero attached hydrogens (tertiary/aromatic N) is 1. The van der Waals surface area contributed by atoms with Gasteiger partial charge in [0.15, 0.2) is 5.76 Å². The molecular formula is C21H16ClN3O4. The molecule has 2 heterocycles. The normalized spacial score (nSPS) is 15.4. The van der Waals surface area contributed by atoms with Crippen molar-refractivity contribution in [2.75, 3.05) is 15.5 Å². The highest BCUT2D eigenvalue weighted by molar-refractivity contribution is 6.30. The van der Waals surface area contributed by atoms with Crippen LogP contribution in [0, 0.1) is 0 Å². The third-order valence-electron chi connectivity index (χ3n) is 4.49. The number of anilines is 3. The first-order valence-corrected chi connectivity index (χ1v) is 9.23. The van der Waals surface area contributed by atoms with Crippen molar-refractivity contribution >= 4 is 46.4 Å². The first kappa shape index (κ1) is 18.8. The molecule has 0 saturated heterocycles. The van der Waals surface area contributed by atoms with Gasteiger partial charge in [-0.05, 0) is 48.5 Å². The van der Waals surface area contributed by atoms with Crippen molar-refractivity contribution in [1.29, 1.82) is 0 Å². The average Bonchev–Trinajstić information content (AvgIpc) is 3.25. The number of hydrogen-bond acceptors (Lipinski definition) is 4. The minimum absolute atomic E-state index is 0.0811. The van der Waals surface area contributed by atoms with Crippen LogP contribution in [-0.2, 0) is 9.59 Å². The summed E-state index contributed by atoms with van der Waals surface area (Å²) in [6.07, 6.45) is 1.15. The Balaban J connectivity index is 1.62. The highest BCUT2D eigenvalue weighted by Crippen LogP contribution is 2.34. The van der Waals surface area contributed by atoms with Crippen LogP contribution in [-0.4, -0.2) is 23.8 Å². The summed E-state index contributed by atoms with van der Waals surface area (Å²) in [6, 6.07) is 15.6. The lowest BCUT2D eigenvalue weighted by atomic mass is 10.0. The fourth-order valence-electron chi connectivity index (χ4n) is 3.17. The molecule has 3 amide bonds. The summed E-state index contributed by atoms with van der Waals surface area (Å²) in [5, 5.41) is 6.02. The molecule has 1 aliphatic heterocycles. The first-order chi connectivity index (χ1) is 14.0. The summed E-state index contributed by atoms with van der Waals surface area (Å²) in [5.74, 6) is -1.28. The van der Waals surface area contributed by atoms with Crippen molar-refractivity contribution in [3.8, 4) is 0 Å².